The lowest BCUT2D eigenvalue weighted by atomic mass is 9.86. The van der Waals surface area contributed by atoms with Gasteiger partial charge in [-0.1, -0.05) is 5.16 Å². The molecule has 0 saturated carbocycles. The molecule has 0 amide bonds. The molecule has 2 heterocycles. The molecule has 1 aliphatic heterocycles. The molecular weight excluding hydrogens is 354 g/mol. The fourth-order valence-electron chi connectivity index (χ4n) is 3.71. The Morgan fingerprint density at radius 1 is 1.11 bits per heavy atom. The maximum atomic E-state index is 10.9. The van der Waals surface area contributed by atoms with Gasteiger partial charge >= 0.3 is 0 Å². The first kappa shape index (κ1) is 18.4. The van der Waals surface area contributed by atoms with E-state index in [1.807, 2.05) is 44.2 Å². The molecule has 146 valence electrons. The number of rotatable bonds is 3. The molecule has 0 fully saturated rings. The van der Waals surface area contributed by atoms with Gasteiger partial charge in [-0.3, -0.25) is 0 Å². The van der Waals surface area contributed by atoms with Crippen LogP contribution in [0.15, 0.2) is 34.9 Å². The summed E-state index contributed by atoms with van der Waals surface area (Å²) < 4.78 is 17.1. The molecule has 5 heteroatoms. The number of benzene rings is 2. The van der Waals surface area contributed by atoms with E-state index < -0.39 is 0 Å². The zero-order valence-electron chi connectivity index (χ0n) is 16.9. The largest absolute Gasteiger partial charge is 0.507 e. The van der Waals surface area contributed by atoms with Gasteiger partial charge in [0.25, 0.3) is 0 Å². The molecule has 0 radical (unpaired) electrons. The number of hydrogen-bond donors (Lipinski definition) is 1. The maximum absolute atomic E-state index is 10.9. The molecule has 1 aromatic heterocycles. The Morgan fingerprint density at radius 3 is 2.50 bits per heavy atom. The Hall–Kier alpha value is -2.95. The van der Waals surface area contributed by atoms with Crippen molar-refractivity contribution in [2.75, 3.05) is 7.11 Å². The monoisotopic (exact) mass is 379 g/mol. The highest BCUT2D eigenvalue weighted by Crippen LogP contribution is 2.47. The Kier molecular flexibility index (Phi) is 4.33. The van der Waals surface area contributed by atoms with E-state index in [0.717, 1.165) is 46.6 Å². The second-order valence-electron chi connectivity index (χ2n) is 7.95. The third-order valence-electron chi connectivity index (χ3n) is 5.57. The van der Waals surface area contributed by atoms with Crippen LogP contribution in [0.4, 0.5) is 0 Å². The standard InChI is InChI=1S/C23H25NO4/c1-13-14(2)22-17(10-11-23(3,4)27-22)20(21(13)25)18-12-19(28-24-18)15-6-8-16(26-5)9-7-15/h6-9,12,25H,10-11H2,1-5H3. The van der Waals surface area contributed by atoms with Crippen LogP contribution < -0.4 is 9.47 Å². The number of hydrogen-bond acceptors (Lipinski definition) is 5. The maximum Gasteiger partial charge on any atom is 0.167 e. The molecule has 0 aliphatic carbocycles. The Balaban J connectivity index is 1.82. The van der Waals surface area contributed by atoms with E-state index in [1.54, 1.807) is 7.11 Å². The van der Waals surface area contributed by atoms with E-state index in [2.05, 4.69) is 19.0 Å². The van der Waals surface area contributed by atoms with Gasteiger partial charge in [-0.05, 0) is 75.9 Å². The molecule has 5 nitrogen and oxygen atoms in total. The summed E-state index contributed by atoms with van der Waals surface area (Å²) in [6.07, 6.45) is 1.69. The van der Waals surface area contributed by atoms with E-state index in [-0.39, 0.29) is 11.4 Å². The van der Waals surface area contributed by atoms with Gasteiger partial charge in [-0.15, -0.1) is 0 Å². The summed E-state index contributed by atoms with van der Waals surface area (Å²) in [5.41, 5.74) is 4.77. The molecule has 0 bridgehead atoms. The molecular formula is C23H25NO4. The second kappa shape index (κ2) is 6.59. The molecule has 0 unspecified atom stereocenters. The molecule has 28 heavy (non-hydrogen) atoms. The summed E-state index contributed by atoms with van der Waals surface area (Å²) in [5.74, 6) is 2.52. The van der Waals surface area contributed by atoms with Crippen molar-refractivity contribution in [1.82, 2.24) is 5.16 Å². The Morgan fingerprint density at radius 2 is 1.82 bits per heavy atom. The van der Waals surface area contributed by atoms with Crippen molar-refractivity contribution in [3.8, 4) is 39.8 Å². The van der Waals surface area contributed by atoms with E-state index >= 15 is 0 Å². The minimum absolute atomic E-state index is 0.226. The number of aromatic nitrogens is 1. The Labute approximate surface area is 164 Å². The van der Waals surface area contributed by atoms with Crippen LogP contribution in [0, 0.1) is 13.8 Å². The molecule has 0 spiro atoms. The molecule has 1 aliphatic rings. The summed E-state index contributed by atoms with van der Waals surface area (Å²) in [5, 5.41) is 15.2. The van der Waals surface area contributed by atoms with E-state index in [4.69, 9.17) is 14.0 Å². The van der Waals surface area contributed by atoms with Crippen LogP contribution in [-0.4, -0.2) is 23.0 Å². The average molecular weight is 379 g/mol. The lowest BCUT2D eigenvalue weighted by molar-refractivity contribution is 0.0836. The van der Waals surface area contributed by atoms with Gasteiger partial charge in [-0.25, -0.2) is 0 Å². The van der Waals surface area contributed by atoms with Crippen LogP contribution in [0.3, 0.4) is 0 Å². The lowest BCUT2D eigenvalue weighted by Gasteiger charge is -2.35. The van der Waals surface area contributed by atoms with E-state index in [1.165, 1.54) is 0 Å². The summed E-state index contributed by atoms with van der Waals surface area (Å²) in [6.45, 7) is 8.08. The lowest BCUT2D eigenvalue weighted by Crippen LogP contribution is -2.33. The van der Waals surface area contributed by atoms with Crippen molar-refractivity contribution in [2.45, 2.75) is 46.1 Å². The zero-order chi connectivity index (χ0) is 20.1. The van der Waals surface area contributed by atoms with Gasteiger partial charge in [0.2, 0.25) is 0 Å². The minimum Gasteiger partial charge on any atom is -0.507 e. The number of nitrogens with zero attached hydrogens (tertiary/aromatic N) is 1. The number of phenols is 1. The normalized spacial score (nSPS) is 15.0. The first-order chi connectivity index (χ1) is 13.3. The first-order valence-corrected chi connectivity index (χ1v) is 9.46. The number of fused-ring (bicyclic) bond motifs is 1. The average Bonchev–Trinajstić information content (AvgIpc) is 3.16. The minimum atomic E-state index is -0.226. The van der Waals surface area contributed by atoms with Crippen molar-refractivity contribution >= 4 is 0 Å². The van der Waals surface area contributed by atoms with Gasteiger partial charge in [0.1, 0.15) is 28.5 Å². The first-order valence-electron chi connectivity index (χ1n) is 9.46. The third kappa shape index (κ3) is 3.01. The van der Waals surface area contributed by atoms with Crippen LogP contribution >= 0.6 is 0 Å². The number of phenolic OH excluding ortho intramolecular Hbond substituents is 1. The quantitative estimate of drug-likeness (QED) is 0.656. The van der Waals surface area contributed by atoms with Crippen molar-refractivity contribution in [2.24, 2.45) is 0 Å². The third-order valence-corrected chi connectivity index (χ3v) is 5.57. The predicted octanol–water partition coefficient (Wildman–Crippen LogP) is 5.44. The smallest absolute Gasteiger partial charge is 0.167 e. The summed E-state index contributed by atoms with van der Waals surface area (Å²) in [7, 11) is 1.64. The summed E-state index contributed by atoms with van der Waals surface area (Å²) in [6, 6.07) is 9.46. The van der Waals surface area contributed by atoms with Gasteiger partial charge in [-0.2, -0.15) is 0 Å². The van der Waals surface area contributed by atoms with Crippen LogP contribution in [0.5, 0.6) is 17.2 Å². The second-order valence-corrected chi connectivity index (χ2v) is 7.95. The highest BCUT2D eigenvalue weighted by Gasteiger charge is 2.33. The number of aromatic hydroxyl groups is 1. The topological polar surface area (TPSA) is 64.7 Å². The molecule has 0 saturated heterocycles. The molecule has 2 aromatic carbocycles. The van der Waals surface area contributed by atoms with Gasteiger partial charge in [0.05, 0.1) is 12.7 Å². The molecule has 3 aromatic rings. The molecule has 1 N–H and O–H groups in total. The van der Waals surface area contributed by atoms with E-state index in [9.17, 15) is 5.11 Å². The SMILES string of the molecule is COc1ccc(-c2cc(-c3c(O)c(C)c(C)c4c3CCC(C)(C)O4)no2)cc1. The molecule has 4 rings (SSSR count). The van der Waals surface area contributed by atoms with Gasteiger partial charge in [0, 0.05) is 17.2 Å². The summed E-state index contributed by atoms with van der Waals surface area (Å²) >= 11 is 0. The zero-order valence-corrected chi connectivity index (χ0v) is 16.9. The van der Waals surface area contributed by atoms with Crippen LogP contribution in [0.25, 0.3) is 22.6 Å². The predicted molar refractivity (Wildman–Crippen MR) is 108 cm³/mol. The Bertz CT molecular complexity index is 1030. The fraction of sp³-hybridized carbons (Fsp3) is 0.348. The van der Waals surface area contributed by atoms with Crippen molar-refractivity contribution in [3.63, 3.8) is 0 Å². The van der Waals surface area contributed by atoms with Crippen LogP contribution in [0.2, 0.25) is 0 Å². The van der Waals surface area contributed by atoms with Crippen molar-refractivity contribution in [3.05, 3.63) is 47.0 Å². The highest BCUT2D eigenvalue weighted by atomic mass is 16.5. The van der Waals surface area contributed by atoms with Crippen molar-refractivity contribution in [1.29, 1.82) is 0 Å². The van der Waals surface area contributed by atoms with Crippen LogP contribution in [-0.2, 0) is 6.42 Å². The molecule has 0 atom stereocenters. The van der Waals surface area contributed by atoms with Gasteiger partial charge in [0.15, 0.2) is 5.76 Å². The number of methoxy groups -OCH3 is 1. The van der Waals surface area contributed by atoms with Gasteiger partial charge < -0.3 is 19.1 Å². The van der Waals surface area contributed by atoms with Crippen LogP contribution in [0.1, 0.15) is 37.0 Å². The number of ether oxygens (including phenoxy) is 2. The van der Waals surface area contributed by atoms with Crippen molar-refractivity contribution < 1.29 is 19.1 Å². The summed E-state index contributed by atoms with van der Waals surface area (Å²) in [4.78, 5) is 0. The highest BCUT2D eigenvalue weighted by molar-refractivity contribution is 5.79. The fourth-order valence-corrected chi connectivity index (χ4v) is 3.71. The van der Waals surface area contributed by atoms with E-state index in [0.29, 0.717) is 17.0 Å².